The second-order valence-electron chi connectivity index (χ2n) is 5.65. The lowest BCUT2D eigenvalue weighted by Gasteiger charge is -2.12. The van der Waals surface area contributed by atoms with Gasteiger partial charge >= 0.3 is 0 Å². The molecule has 0 aromatic carbocycles. The molecule has 0 radical (unpaired) electrons. The highest BCUT2D eigenvalue weighted by Gasteiger charge is 2.34. The first-order valence-corrected chi connectivity index (χ1v) is 9.83. The van der Waals surface area contributed by atoms with Crippen molar-refractivity contribution in [2.24, 2.45) is 0 Å². The molecule has 2 aliphatic carbocycles. The van der Waals surface area contributed by atoms with Gasteiger partial charge in [-0.1, -0.05) is 25.7 Å². The third-order valence-electron chi connectivity index (χ3n) is 4.37. The Bertz CT molecular complexity index is 189. The summed E-state index contributed by atoms with van der Waals surface area (Å²) >= 11 is 5.96. The van der Waals surface area contributed by atoms with Crippen LogP contribution in [0.15, 0.2) is 0 Å². The van der Waals surface area contributed by atoms with Crippen LogP contribution in [-0.4, -0.2) is 11.3 Å². The fourth-order valence-electron chi connectivity index (χ4n) is 3.32. The van der Waals surface area contributed by atoms with Gasteiger partial charge < -0.3 is 0 Å². The molecule has 2 heteroatoms. The molecule has 0 heterocycles. The molecule has 0 amide bonds. The minimum atomic E-state index is -0.0676. The molecule has 0 unspecified atom stereocenters. The van der Waals surface area contributed by atoms with E-state index in [2.05, 4.69) is 0 Å². The molecule has 2 saturated carbocycles. The van der Waals surface area contributed by atoms with Crippen LogP contribution in [0, 0.1) is 0 Å². The molecule has 2 fully saturated rings. The maximum absolute atomic E-state index is 5.96. The molecule has 2 rings (SSSR count). The molecule has 0 aromatic heterocycles. The Morgan fingerprint density at radius 1 is 0.562 bits per heavy atom. The molecule has 0 N–H and O–H groups in total. The highest BCUT2D eigenvalue weighted by Crippen LogP contribution is 2.46. The maximum atomic E-state index is 5.96. The second kappa shape index (κ2) is 7.07. The van der Waals surface area contributed by atoms with Crippen molar-refractivity contribution in [1.82, 2.24) is 0 Å². The van der Waals surface area contributed by atoms with Gasteiger partial charge in [-0.2, -0.15) is 0 Å². The van der Waals surface area contributed by atoms with Crippen molar-refractivity contribution in [2.75, 3.05) is 0 Å². The Morgan fingerprint density at radius 3 is 1.19 bits per heavy atom. The normalized spacial score (nSPS) is 26.0. The lowest BCUT2D eigenvalue weighted by molar-refractivity contribution is 0.674. The van der Waals surface area contributed by atoms with E-state index in [1.807, 2.05) is 0 Å². The van der Waals surface area contributed by atoms with Crippen LogP contribution in [0.3, 0.4) is 0 Å². The third kappa shape index (κ3) is 3.77. The smallest absolute Gasteiger partial charge is 0.0531 e. The predicted octanol–water partition coefficient (Wildman–Crippen LogP) is 5.38. The Kier molecular flexibility index (Phi) is 5.72. The van der Waals surface area contributed by atoms with E-state index in [1.54, 1.807) is 0 Å². The van der Waals surface area contributed by atoms with Gasteiger partial charge in [0.15, 0.2) is 18.5 Å². The summed E-state index contributed by atoms with van der Waals surface area (Å²) in [5, 5.41) is 0. The molecule has 0 atom stereocenters. The van der Waals surface area contributed by atoms with Crippen LogP contribution < -0.4 is 0 Å². The van der Waals surface area contributed by atoms with Crippen molar-refractivity contribution >= 4 is 18.5 Å². The highest BCUT2D eigenvalue weighted by atomic mass is 32.4. The van der Waals surface area contributed by atoms with Gasteiger partial charge in [0, 0.05) is 0 Å². The summed E-state index contributed by atoms with van der Waals surface area (Å²) in [5.41, 5.74) is 1.91. The number of hydrogen-bond acceptors (Lipinski definition) is 1. The van der Waals surface area contributed by atoms with E-state index in [9.17, 15) is 0 Å². The van der Waals surface area contributed by atoms with Crippen molar-refractivity contribution in [2.45, 2.75) is 88.4 Å². The third-order valence-corrected chi connectivity index (χ3v) is 8.63. The van der Waals surface area contributed by atoms with Crippen LogP contribution in [0.4, 0.5) is 0 Å². The quantitative estimate of drug-likeness (QED) is 0.473. The molecule has 16 heavy (non-hydrogen) atoms. The summed E-state index contributed by atoms with van der Waals surface area (Å²) in [7, 11) is 0. The van der Waals surface area contributed by atoms with Gasteiger partial charge in [-0.05, 0) is 51.4 Å². The summed E-state index contributed by atoms with van der Waals surface area (Å²) in [5.74, 6) is 0. The van der Waals surface area contributed by atoms with Gasteiger partial charge in [-0.25, -0.2) is 0 Å². The van der Waals surface area contributed by atoms with Crippen LogP contribution in [0.2, 0.25) is 0 Å². The van der Waals surface area contributed by atoms with E-state index in [-0.39, 0.29) is 6.70 Å². The van der Waals surface area contributed by atoms with E-state index >= 15 is 0 Å². The second-order valence-corrected chi connectivity index (χ2v) is 9.10. The number of hydrogen-bond donors (Lipinski definition) is 0. The zero-order valence-electron chi connectivity index (χ0n) is 10.5. The summed E-state index contributed by atoms with van der Waals surface area (Å²) in [6.45, 7) is -0.0676. The van der Waals surface area contributed by atoms with Gasteiger partial charge in [-0.3, -0.25) is 0 Å². The minimum absolute atomic E-state index is 0.0676. The molecule has 0 aromatic rings. The molecule has 92 valence electrons. The Balaban J connectivity index is 1.88. The average Bonchev–Trinajstić information content (AvgIpc) is 2.73. The molecule has 0 nitrogen and oxygen atoms in total. The first kappa shape index (κ1) is 13.0. The fraction of sp³-hybridized carbons (Fsp3) is 1.00. The fourth-order valence-corrected chi connectivity index (χ4v) is 6.93. The first-order chi connectivity index (χ1) is 7.88. The molecule has 0 bridgehead atoms. The van der Waals surface area contributed by atoms with Gasteiger partial charge in [0.1, 0.15) is 11.3 Å². The standard InChI is InChI=1S/C14H26PS/c16-15(13-9-5-1-2-6-10-13)14-11-7-3-4-8-12-14/h13-14H,1-12H2/q+1. The lowest BCUT2D eigenvalue weighted by Crippen LogP contribution is -2.10. The largest absolute Gasteiger partial charge is 0.181 e. The van der Waals surface area contributed by atoms with E-state index in [0.717, 1.165) is 11.3 Å². The average molecular weight is 257 g/mol. The Morgan fingerprint density at radius 2 is 0.875 bits per heavy atom. The zero-order valence-corrected chi connectivity index (χ0v) is 12.2. The van der Waals surface area contributed by atoms with E-state index in [1.165, 1.54) is 77.0 Å². The van der Waals surface area contributed by atoms with E-state index in [4.69, 9.17) is 11.8 Å². The first-order valence-electron chi connectivity index (χ1n) is 7.33. The minimum Gasteiger partial charge on any atom is -0.0531 e. The SMILES string of the molecule is S=[P+](C1CCCCCC1)C1CCCCCC1. The van der Waals surface area contributed by atoms with Crippen LogP contribution in [0.25, 0.3) is 0 Å². The summed E-state index contributed by atoms with van der Waals surface area (Å²) in [4.78, 5) is 0. The Labute approximate surface area is 107 Å². The lowest BCUT2D eigenvalue weighted by atomic mass is 10.2. The van der Waals surface area contributed by atoms with Gasteiger partial charge in [0.25, 0.3) is 0 Å². The van der Waals surface area contributed by atoms with Crippen LogP contribution >= 0.6 is 6.70 Å². The topological polar surface area (TPSA) is 0 Å². The molecule has 0 saturated heterocycles. The summed E-state index contributed by atoms with van der Waals surface area (Å²) in [6.07, 6.45) is 17.6. The van der Waals surface area contributed by atoms with Crippen molar-refractivity contribution < 1.29 is 0 Å². The van der Waals surface area contributed by atoms with Gasteiger partial charge in [0.05, 0.1) is 0 Å². The van der Waals surface area contributed by atoms with Crippen LogP contribution in [0.1, 0.15) is 77.0 Å². The maximum Gasteiger partial charge on any atom is 0.181 e. The Hall–Kier alpha value is 0.520. The highest BCUT2D eigenvalue weighted by molar-refractivity contribution is 8.05. The molecule has 0 spiro atoms. The summed E-state index contributed by atoms with van der Waals surface area (Å²) in [6, 6.07) is 0. The zero-order chi connectivity index (χ0) is 11.2. The van der Waals surface area contributed by atoms with Crippen molar-refractivity contribution in [3.05, 3.63) is 0 Å². The van der Waals surface area contributed by atoms with Crippen molar-refractivity contribution in [1.29, 1.82) is 0 Å². The van der Waals surface area contributed by atoms with Gasteiger partial charge in [0.2, 0.25) is 0 Å². The van der Waals surface area contributed by atoms with Gasteiger partial charge in [-0.15, -0.1) is 0 Å². The molecular weight excluding hydrogens is 231 g/mol. The molecule has 2 aliphatic rings. The van der Waals surface area contributed by atoms with E-state index < -0.39 is 0 Å². The van der Waals surface area contributed by atoms with Crippen LogP contribution in [0.5, 0.6) is 0 Å². The molecule has 0 aliphatic heterocycles. The predicted molar refractivity (Wildman–Crippen MR) is 77.3 cm³/mol. The summed E-state index contributed by atoms with van der Waals surface area (Å²) < 4.78 is 0. The number of rotatable bonds is 2. The van der Waals surface area contributed by atoms with Crippen molar-refractivity contribution in [3.63, 3.8) is 0 Å². The van der Waals surface area contributed by atoms with Crippen molar-refractivity contribution in [3.8, 4) is 0 Å². The van der Waals surface area contributed by atoms with Crippen LogP contribution in [-0.2, 0) is 11.8 Å². The monoisotopic (exact) mass is 257 g/mol. The van der Waals surface area contributed by atoms with E-state index in [0.29, 0.717) is 0 Å². The molecular formula is C14H26PS+.